The zero-order valence-corrected chi connectivity index (χ0v) is 10.5. The van der Waals surface area contributed by atoms with E-state index in [1.54, 1.807) is 0 Å². The summed E-state index contributed by atoms with van der Waals surface area (Å²) in [5, 5.41) is 0.767. The SMILES string of the molecule is CN(Cc1cccc(Cl)c1)c1cccc(N)c1. The minimum Gasteiger partial charge on any atom is -0.399 e. The van der Waals surface area contributed by atoms with Crippen LogP contribution in [-0.2, 0) is 6.54 Å². The van der Waals surface area contributed by atoms with Crippen molar-refractivity contribution < 1.29 is 0 Å². The van der Waals surface area contributed by atoms with E-state index in [0.717, 1.165) is 22.9 Å². The fourth-order valence-electron chi connectivity index (χ4n) is 1.76. The molecule has 2 N–H and O–H groups in total. The Morgan fingerprint density at radius 1 is 1.12 bits per heavy atom. The molecule has 0 heterocycles. The molecule has 0 amide bonds. The van der Waals surface area contributed by atoms with E-state index in [0.29, 0.717) is 0 Å². The van der Waals surface area contributed by atoms with Crippen LogP contribution in [0.2, 0.25) is 5.02 Å². The molecule has 2 aromatic rings. The van der Waals surface area contributed by atoms with Crippen LogP contribution in [0.25, 0.3) is 0 Å². The van der Waals surface area contributed by atoms with Crippen molar-refractivity contribution in [2.45, 2.75) is 6.54 Å². The van der Waals surface area contributed by atoms with Crippen LogP contribution in [0.3, 0.4) is 0 Å². The summed E-state index contributed by atoms with van der Waals surface area (Å²) in [5.74, 6) is 0. The molecule has 2 aromatic carbocycles. The van der Waals surface area contributed by atoms with Crippen molar-refractivity contribution >= 4 is 23.0 Å². The molecule has 0 aliphatic heterocycles. The molecule has 0 atom stereocenters. The van der Waals surface area contributed by atoms with Gasteiger partial charge in [-0.05, 0) is 35.9 Å². The molecule has 2 rings (SSSR count). The van der Waals surface area contributed by atoms with Crippen LogP contribution in [-0.4, -0.2) is 7.05 Å². The largest absolute Gasteiger partial charge is 0.399 e. The smallest absolute Gasteiger partial charge is 0.0426 e. The monoisotopic (exact) mass is 246 g/mol. The van der Waals surface area contributed by atoms with E-state index >= 15 is 0 Å². The van der Waals surface area contributed by atoms with Gasteiger partial charge in [0.25, 0.3) is 0 Å². The zero-order chi connectivity index (χ0) is 12.3. The quantitative estimate of drug-likeness (QED) is 0.840. The normalized spacial score (nSPS) is 10.2. The van der Waals surface area contributed by atoms with Gasteiger partial charge < -0.3 is 10.6 Å². The van der Waals surface area contributed by atoms with Gasteiger partial charge in [-0.15, -0.1) is 0 Å². The van der Waals surface area contributed by atoms with Gasteiger partial charge in [-0.1, -0.05) is 29.8 Å². The first-order valence-corrected chi connectivity index (χ1v) is 5.84. The van der Waals surface area contributed by atoms with Crippen LogP contribution in [0.4, 0.5) is 11.4 Å². The molecule has 17 heavy (non-hydrogen) atoms. The van der Waals surface area contributed by atoms with E-state index in [2.05, 4.69) is 11.0 Å². The van der Waals surface area contributed by atoms with Crippen molar-refractivity contribution in [1.29, 1.82) is 0 Å². The second-order valence-corrected chi connectivity index (χ2v) is 4.52. The molecule has 0 unspecified atom stereocenters. The lowest BCUT2D eigenvalue weighted by Crippen LogP contribution is -2.16. The van der Waals surface area contributed by atoms with Gasteiger partial charge in [0.05, 0.1) is 0 Å². The number of anilines is 2. The van der Waals surface area contributed by atoms with Gasteiger partial charge in [0.1, 0.15) is 0 Å². The summed E-state index contributed by atoms with van der Waals surface area (Å²) in [7, 11) is 2.04. The Kier molecular flexibility index (Phi) is 3.55. The van der Waals surface area contributed by atoms with Crippen molar-refractivity contribution in [2.75, 3.05) is 17.7 Å². The van der Waals surface area contributed by atoms with Crippen LogP contribution < -0.4 is 10.6 Å². The number of hydrogen-bond acceptors (Lipinski definition) is 2. The lowest BCUT2D eigenvalue weighted by molar-refractivity contribution is 0.923. The highest BCUT2D eigenvalue weighted by Crippen LogP contribution is 2.19. The first-order chi connectivity index (χ1) is 8.15. The minimum atomic E-state index is 0.767. The molecule has 2 nitrogen and oxygen atoms in total. The summed E-state index contributed by atoms with van der Waals surface area (Å²) >= 11 is 5.96. The van der Waals surface area contributed by atoms with Gasteiger partial charge in [0.15, 0.2) is 0 Å². The molecule has 0 saturated heterocycles. The average Bonchev–Trinajstić information content (AvgIpc) is 2.29. The maximum atomic E-state index is 5.96. The molecular weight excluding hydrogens is 232 g/mol. The Morgan fingerprint density at radius 3 is 2.59 bits per heavy atom. The number of nitrogen functional groups attached to an aromatic ring is 1. The van der Waals surface area contributed by atoms with Crippen LogP contribution in [0.5, 0.6) is 0 Å². The van der Waals surface area contributed by atoms with Gasteiger partial charge in [-0.2, -0.15) is 0 Å². The highest BCUT2D eigenvalue weighted by Gasteiger charge is 2.02. The molecule has 0 bridgehead atoms. The maximum absolute atomic E-state index is 5.96. The number of nitrogens with two attached hydrogens (primary N) is 1. The van der Waals surface area contributed by atoms with E-state index < -0.39 is 0 Å². The second-order valence-electron chi connectivity index (χ2n) is 4.08. The van der Waals surface area contributed by atoms with Gasteiger partial charge in [-0.3, -0.25) is 0 Å². The Bertz CT molecular complexity index is 511. The van der Waals surface area contributed by atoms with Crippen LogP contribution >= 0.6 is 11.6 Å². The topological polar surface area (TPSA) is 29.3 Å². The molecule has 0 saturated carbocycles. The molecular formula is C14H15ClN2. The van der Waals surface area contributed by atoms with Crippen molar-refractivity contribution in [1.82, 2.24) is 0 Å². The molecule has 0 spiro atoms. The number of nitrogens with zero attached hydrogens (tertiary/aromatic N) is 1. The van der Waals surface area contributed by atoms with Crippen LogP contribution in [0.1, 0.15) is 5.56 Å². The van der Waals surface area contributed by atoms with E-state index in [9.17, 15) is 0 Å². The third-order valence-electron chi connectivity index (χ3n) is 2.62. The van der Waals surface area contributed by atoms with E-state index in [1.807, 2.05) is 49.5 Å². The Labute approximate surface area is 107 Å². The van der Waals surface area contributed by atoms with E-state index in [4.69, 9.17) is 17.3 Å². The van der Waals surface area contributed by atoms with E-state index in [-0.39, 0.29) is 0 Å². The van der Waals surface area contributed by atoms with Gasteiger partial charge in [0.2, 0.25) is 0 Å². The molecule has 0 aliphatic rings. The Balaban J connectivity index is 2.14. The van der Waals surface area contributed by atoms with Crippen molar-refractivity contribution in [3.05, 3.63) is 59.1 Å². The highest BCUT2D eigenvalue weighted by molar-refractivity contribution is 6.30. The fraction of sp³-hybridized carbons (Fsp3) is 0.143. The maximum Gasteiger partial charge on any atom is 0.0426 e. The standard InChI is InChI=1S/C14H15ClN2/c1-17(14-7-3-6-13(16)9-14)10-11-4-2-5-12(15)8-11/h2-9H,10,16H2,1H3. The lowest BCUT2D eigenvalue weighted by atomic mass is 10.2. The van der Waals surface area contributed by atoms with Crippen molar-refractivity contribution in [3.8, 4) is 0 Å². The number of rotatable bonds is 3. The predicted octanol–water partition coefficient (Wildman–Crippen LogP) is 3.56. The highest BCUT2D eigenvalue weighted by atomic mass is 35.5. The van der Waals surface area contributed by atoms with Crippen molar-refractivity contribution in [2.24, 2.45) is 0 Å². The minimum absolute atomic E-state index is 0.767. The molecule has 0 aliphatic carbocycles. The van der Waals surface area contributed by atoms with Crippen LogP contribution in [0.15, 0.2) is 48.5 Å². The predicted molar refractivity (Wildman–Crippen MR) is 74.4 cm³/mol. The molecule has 0 fully saturated rings. The van der Waals surface area contributed by atoms with Gasteiger partial charge >= 0.3 is 0 Å². The summed E-state index contributed by atoms with van der Waals surface area (Å²) in [6, 6.07) is 15.7. The summed E-state index contributed by atoms with van der Waals surface area (Å²) in [6.45, 7) is 0.810. The average molecular weight is 247 g/mol. The van der Waals surface area contributed by atoms with Gasteiger partial charge in [0, 0.05) is 30.0 Å². The summed E-state index contributed by atoms with van der Waals surface area (Å²) in [5.41, 5.74) is 8.83. The molecule has 88 valence electrons. The number of hydrogen-bond donors (Lipinski definition) is 1. The fourth-order valence-corrected chi connectivity index (χ4v) is 1.98. The summed E-state index contributed by atoms with van der Waals surface area (Å²) in [6.07, 6.45) is 0. The van der Waals surface area contributed by atoms with E-state index in [1.165, 1.54) is 5.56 Å². The number of benzene rings is 2. The Morgan fingerprint density at radius 2 is 1.88 bits per heavy atom. The number of halogens is 1. The molecule has 3 heteroatoms. The first-order valence-electron chi connectivity index (χ1n) is 5.46. The lowest BCUT2D eigenvalue weighted by Gasteiger charge is -2.19. The molecule has 0 aromatic heterocycles. The first kappa shape index (κ1) is 11.8. The summed E-state index contributed by atoms with van der Waals surface area (Å²) in [4.78, 5) is 2.14. The van der Waals surface area contributed by atoms with Crippen LogP contribution in [0, 0.1) is 0 Å². The third-order valence-corrected chi connectivity index (χ3v) is 2.85. The second kappa shape index (κ2) is 5.11. The Hall–Kier alpha value is -1.67. The zero-order valence-electron chi connectivity index (χ0n) is 9.73. The third kappa shape index (κ3) is 3.14. The van der Waals surface area contributed by atoms with Gasteiger partial charge in [-0.25, -0.2) is 0 Å². The van der Waals surface area contributed by atoms with Crippen molar-refractivity contribution in [3.63, 3.8) is 0 Å². The molecule has 0 radical (unpaired) electrons. The summed E-state index contributed by atoms with van der Waals surface area (Å²) < 4.78 is 0.